The SMILES string of the molecule is C=C.Cc1cc(N(C)C)ccc1Cl. The second kappa shape index (κ2) is 5.65. The predicted molar refractivity (Wildman–Crippen MR) is 61.8 cm³/mol. The van der Waals surface area contributed by atoms with Crippen molar-refractivity contribution in [2.24, 2.45) is 0 Å². The zero-order chi connectivity index (χ0) is 10.4. The highest BCUT2D eigenvalue weighted by atomic mass is 35.5. The Morgan fingerprint density at radius 2 is 1.77 bits per heavy atom. The quantitative estimate of drug-likeness (QED) is 0.623. The van der Waals surface area contributed by atoms with Crippen LogP contribution in [0.1, 0.15) is 5.56 Å². The molecule has 0 aliphatic heterocycles. The van der Waals surface area contributed by atoms with Gasteiger partial charge in [0.15, 0.2) is 0 Å². The van der Waals surface area contributed by atoms with Gasteiger partial charge in [-0.2, -0.15) is 0 Å². The second-order valence-electron chi connectivity index (χ2n) is 2.83. The molecule has 0 spiro atoms. The summed E-state index contributed by atoms with van der Waals surface area (Å²) in [5.74, 6) is 0. The molecule has 0 aliphatic rings. The standard InChI is InChI=1S/C9H12ClN.C2H4/c1-7-6-8(11(2)3)4-5-9(7)10;1-2/h4-6H,1-3H3;1-2H2. The van der Waals surface area contributed by atoms with Crippen molar-refractivity contribution in [3.63, 3.8) is 0 Å². The molecule has 0 amide bonds. The van der Waals surface area contributed by atoms with Crippen molar-refractivity contribution in [3.05, 3.63) is 41.9 Å². The lowest BCUT2D eigenvalue weighted by Crippen LogP contribution is -2.08. The summed E-state index contributed by atoms with van der Waals surface area (Å²) in [5.41, 5.74) is 2.31. The van der Waals surface area contributed by atoms with Gasteiger partial charge in [-0.25, -0.2) is 0 Å². The van der Waals surface area contributed by atoms with Crippen LogP contribution in [-0.2, 0) is 0 Å². The lowest BCUT2D eigenvalue weighted by Gasteiger charge is -2.12. The van der Waals surface area contributed by atoms with Crippen LogP contribution >= 0.6 is 11.6 Å². The van der Waals surface area contributed by atoms with Crippen molar-refractivity contribution < 1.29 is 0 Å². The van der Waals surface area contributed by atoms with Gasteiger partial charge in [0, 0.05) is 24.8 Å². The van der Waals surface area contributed by atoms with Gasteiger partial charge < -0.3 is 4.90 Å². The number of halogens is 1. The van der Waals surface area contributed by atoms with E-state index in [-0.39, 0.29) is 0 Å². The van der Waals surface area contributed by atoms with Crippen LogP contribution in [0.15, 0.2) is 31.4 Å². The summed E-state index contributed by atoms with van der Waals surface area (Å²) >= 11 is 5.87. The van der Waals surface area contributed by atoms with E-state index in [1.165, 1.54) is 5.69 Å². The Kier molecular flexibility index (Phi) is 5.24. The molecule has 0 saturated heterocycles. The topological polar surface area (TPSA) is 3.24 Å². The van der Waals surface area contributed by atoms with Crippen molar-refractivity contribution >= 4 is 17.3 Å². The van der Waals surface area contributed by atoms with Crippen molar-refractivity contribution in [2.75, 3.05) is 19.0 Å². The molecule has 13 heavy (non-hydrogen) atoms. The first-order valence-electron chi connectivity index (χ1n) is 4.05. The van der Waals surface area contributed by atoms with E-state index in [1.807, 2.05) is 33.2 Å². The average Bonchev–Trinajstić information content (AvgIpc) is 2.13. The summed E-state index contributed by atoms with van der Waals surface area (Å²) in [6.45, 7) is 8.01. The van der Waals surface area contributed by atoms with Gasteiger partial charge in [0.2, 0.25) is 0 Å². The number of anilines is 1. The zero-order valence-electron chi connectivity index (χ0n) is 8.47. The average molecular weight is 198 g/mol. The van der Waals surface area contributed by atoms with Crippen LogP contribution in [0.2, 0.25) is 5.02 Å². The first-order valence-corrected chi connectivity index (χ1v) is 4.42. The summed E-state index contributed by atoms with van der Waals surface area (Å²) in [7, 11) is 4.03. The van der Waals surface area contributed by atoms with Crippen LogP contribution in [-0.4, -0.2) is 14.1 Å². The lowest BCUT2D eigenvalue weighted by atomic mass is 10.2. The summed E-state index contributed by atoms with van der Waals surface area (Å²) in [6.07, 6.45) is 0. The number of aryl methyl sites for hydroxylation is 1. The van der Waals surface area contributed by atoms with E-state index in [0.717, 1.165) is 10.6 Å². The minimum absolute atomic E-state index is 0.829. The highest BCUT2D eigenvalue weighted by Gasteiger charge is 1.97. The van der Waals surface area contributed by atoms with Gasteiger partial charge in [0.25, 0.3) is 0 Å². The van der Waals surface area contributed by atoms with E-state index in [2.05, 4.69) is 24.1 Å². The molecule has 0 heterocycles. The largest absolute Gasteiger partial charge is 0.378 e. The fourth-order valence-electron chi connectivity index (χ4n) is 0.907. The third kappa shape index (κ3) is 3.51. The molecule has 0 N–H and O–H groups in total. The summed E-state index contributed by atoms with van der Waals surface area (Å²) in [5, 5.41) is 0.829. The number of nitrogens with zero attached hydrogens (tertiary/aromatic N) is 1. The molecule has 0 atom stereocenters. The zero-order valence-corrected chi connectivity index (χ0v) is 9.23. The molecule has 1 nitrogen and oxygen atoms in total. The number of benzene rings is 1. The van der Waals surface area contributed by atoms with Crippen molar-refractivity contribution in [2.45, 2.75) is 6.92 Å². The first-order chi connectivity index (χ1) is 6.11. The fraction of sp³-hybridized carbons (Fsp3) is 0.273. The molecule has 0 radical (unpaired) electrons. The maximum absolute atomic E-state index is 5.87. The Hall–Kier alpha value is -0.950. The van der Waals surface area contributed by atoms with Gasteiger partial charge in [-0.1, -0.05) is 11.6 Å². The van der Waals surface area contributed by atoms with Crippen LogP contribution in [0.3, 0.4) is 0 Å². The lowest BCUT2D eigenvalue weighted by molar-refractivity contribution is 1.13. The molecular weight excluding hydrogens is 182 g/mol. The summed E-state index contributed by atoms with van der Waals surface area (Å²) < 4.78 is 0. The van der Waals surface area contributed by atoms with Crippen LogP contribution in [0.5, 0.6) is 0 Å². The molecule has 0 unspecified atom stereocenters. The summed E-state index contributed by atoms with van der Waals surface area (Å²) in [4.78, 5) is 2.06. The predicted octanol–water partition coefficient (Wildman–Crippen LogP) is 3.52. The Labute approximate surface area is 85.6 Å². The van der Waals surface area contributed by atoms with E-state index >= 15 is 0 Å². The maximum Gasteiger partial charge on any atom is 0.0436 e. The Morgan fingerprint density at radius 3 is 2.15 bits per heavy atom. The van der Waals surface area contributed by atoms with Crippen LogP contribution in [0, 0.1) is 6.92 Å². The minimum Gasteiger partial charge on any atom is -0.378 e. The third-order valence-corrected chi connectivity index (χ3v) is 2.08. The highest BCUT2D eigenvalue weighted by molar-refractivity contribution is 6.31. The van der Waals surface area contributed by atoms with Gasteiger partial charge in [-0.15, -0.1) is 13.2 Å². The molecule has 2 heteroatoms. The Morgan fingerprint density at radius 1 is 1.23 bits per heavy atom. The van der Waals surface area contributed by atoms with Gasteiger partial charge in [-0.3, -0.25) is 0 Å². The van der Waals surface area contributed by atoms with Gasteiger partial charge in [0.05, 0.1) is 0 Å². The van der Waals surface area contributed by atoms with Crippen molar-refractivity contribution in [1.82, 2.24) is 0 Å². The van der Waals surface area contributed by atoms with E-state index < -0.39 is 0 Å². The number of hydrogen-bond acceptors (Lipinski definition) is 1. The molecule has 72 valence electrons. The Balaban J connectivity index is 0.000000671. The molecule has 1 aromatic carbocycles. The normalized spacial score (nSPS) is 8.62. The van der Waals surface area contributed by atoms with Crippen molar-refractivity contribution in [3.8, 4) is 0 Å². The van der Waals surface area contributed by atoms with Gasteiger partial charge in [0.1, 0.15) is 0 Å². The molecule has 0 bridgehead atoms. The van der Waals surface area contributed by atoms with Crippen LogP contribution in [0.4, 0.5) is 5.69 Å². The number of rotatable bonds is 1. The summed E-state index contributed by atoms with van der Waals surface area (Å²) in [6, 6.07) is 6.00. The van der Waals surface area contributed by atoms with E-state index in [4.69, 9.17) is 11.6 Å². The first kappa shape index (κ1) is 12.0. The molecule has 1 aromatic rings. The molecule has 1 rings (SSSR count). The van der Waals surface area contributed by atoms with Crippen molar-refractivity contribution in [1.29, 1.82) is 0 Å². The van der Waals surface area contributed by atoms with E-state index in [0.29, 0.717) is 0 Å². The monoisotopic (exact) mass is 197 g/mol. The van der Waals surface area contributed by atoms with E-state index in [9.17, 15) is 0 Å². The Bertz CT molecular complexity index is 269. The van der Waals surface area contributed by atoms with Crippen LogP contribution < -0.4 is 4.90 Å². The van der Waals surface area contributed by atoms with Gasteiger partial charge in [-0.05, 0) is 30.7 Å². The van der Waals surface area contributed by atoms with Crippen LogP contribution in [0.25, 0.3) is 0 Å². The smallest absolute Gasteiger partial charge is 0.0436 e. The maximum atomic E-state index is 5.87. The minimum atomic E-state index is 0.829. The molecule has 0 aromatic heterocycles. The molecule has 0 fully saturated rings. The molecular formula is C11H16ClN. The third-order valence-electron chi connectivity index (χ3n) is 1.66. The second-order valence-corrected chi connectivity index (χ2v) is 3.24. The molecule has 0 aliphatic carbocycles. The fourth-order valence-corrected chi connectivity index (χ4v) is 1.02. The van der Waals surface area contributed by atoms with E-state index in [1.54, 1.807) is 0 Å². The molecule has 0 saturated carbocycles. The van der Waals surface area contributed by atoms with Gasteiger partial charge >= 0.3 is 0 Å². The number of hydrogen-bond donors (Lipinski definition) is 0. The highest BCUT2D eigenvalue weighted by Crippen LogP contribution is 2.20.